The Kier molecular flexibility index (Phi) is 4.14. The molecule has 0 amide bonds. The Balaban J connectivity index is 2.05. The van der Waals surface area contributed by atoms with Crippen LogP contribution in [-0.4, -0.2) is 26.0 Å². The fraction of sp³-hybridized carbons (Fsp3) is 0.385. The Hall–Kier alpha value is -1.20. The summed E-state index contributed by atoms with van der Waals surface area (Å²) >= 11 is 3.50. The summed E-state index contributed by atoms with van der Waals surface area (Å²) in [5.74, 6) is 0. The smallest absolute Gasteiger partial charge is 0.0738 e. The molecule has 1 N–H and O–H groups in total. The highest BCUT2D eigenvalue weighted by Crippen LogP contribution is 2.22. The van der Waals surface area contributed by atoms with E-state index in [-0.39, 0.29) is 0 Å². The summed E-state index contributed by atoms with van der Waals surface area (Å²) in [6.45, 7) is 1.94. The lowest BCUT2D eigenvalue weighted by Crippen LogP contribution is -2.17. The standard InChI is InChI=1S/C13H16BrN3O/c1-9-13(14)12(17(2)16-9)8-11(18)7-10-5-3-4-6-15-10/h3-6,11,18H,7-8H2,1-2H3. The van der Waals surface area contributed by atoms with Crippen molar-refractivity contribution < 1.29 is 5.11 Å². The summed E-state index contributed by atoms with van der Waals surface area (Å²) in [5, 5.41) is 14.4. The summed E-state index contributed by atoms with van der Waals surface area (Å²) in [5.41, 5.74) is 2.86. The van der Waals surface area contributed by atoms with Crippen molar-refractivity contribution in [1.82, 2.24) is 14.8 Å². The zero-order chi connectivity index (χ0) is 13.1. The van der Waals surface area contributed by atoms with E-state index in [0.29, 0.717) is 12.8 Å². The van der Waals surface area contributed by atoms with Crippen LogP contribution >= 0.6 is 15.9 Å². The lowest BCUT2D eigenvalue weighted by molar-refractivity contribution is 0.171. The average Bonchev–Trinajstić information content (AvgIpc) is 2.57. The number of hydrogen-bond acceptors (Lipinski definition) is 3. The molecule has 0 spiro atoms. The third-order valence-corrected chi connectivity index (χ3v) is 3.89. The van der Waals surface area contributed by atoms with Gasteiger partial charge in [-0.2, -0.15) is 5.10 Å². The topological polar surface area (TPSA) is 50.9 Å². The lowest BCUT2D eigenvalue weighted by Gasteiger charge is -2.10. The van der Waals surface area contributed by atoms with Gasteiger partial charge >= 0.3 is 0 Å². The van der Waals surface area contributed by atoms with Crippen LogP contribution in [0, 0.1) is 6.92 Å². The average molecular weight is 310 g/mol. The minimum absolute atomic E-state index is 0.453. The van der Waals surface area contributed by atoms with Gasteiger partial charge in [0.25, 0.3) is 0 Å². The molecule has 96 valence electrons. The molecule has 0 saturated heterocycles. The molecule has 0 bridgehead atoms. The van der Waals surface area contributed by atoms with Crippen molar-refractivity contribution in [2.24, 2.45) is 7.05 Å². The molecule has 2 rings (SSSR count). The molecule has 0 aliphatic heterocycles. The van der Waals surface area contributed by atoms with Crippen molar-refractivity contribution in [3.05, 3.63) is 46.0 Å². The van der Waals surface area contributed by atoms with Crippen LogP contribution in [0.25, 0.3) is 0 Å². The number of pyridine rings is 1. The van der Waals surface area contributed by atoms with Gasteiger partial charge in [0, 0.05) is 31.8 Å². The molecule has 0 aliphatic rings. The van der Waals surface area contributed by atoms with Gasteiger partial charge in [0.15, 0.2) is 0 Å². The van der Waals surface area contributed by atoms with E-state index in [9.17, 15) is 5.11 Å². The van der Waals surface area contributed by atoms with Gasteiger partial charge in [-0.3, -0.25) is 9.67 Å². The highest BCUT2D eigenvalue weighted by atomic mass is 79.9. The largest absolute Gasteiger partial charge is 0.392 e. The first-order valence-corrected chi connectivity index (χ1v) is 6.63. The number of nitrogens with zero attached hydrogens (tertiary/aromatic N) is 3. The van der Waals surface area contributed by atoms with Crippen LogP contribution < -0.4 is 0 Å². The van der Waals surface area contributed by atoms with Crippen LogP contribution in [0.2, 0.25) is 0 Å². The number of aliphatic hydroxyl groups excluding tert-OH is 1. The second kappa shape index (κ2) is 5.63. The molecule has 0 radical (unpaired) electrons. The molecule has 0 aromatic carbocycles. The van der Waals surface area contributed by atoms with Crippen molar-refractivity contribution in [2.45, 2.75) is 25.9 Å². The Morgan fingerprint density at radius 2 is 2.17 bits per heavy atom. The third-order valence-electron chi connectivity index (χ3n) is 2.86. The normalized spacial score (nSPS) is 12.7. The minimum atomic E-state index is -0.453. The van der Waals surface area contributed by atoms with E-state index in [2.05, 4.69) is 26.0 Å². The monoisotopic (exact) mass is 309 g/mol. The van der Waals surface area contributed by atoms with E-state index in [1.54, 1.807) is 10.9 Å². The lowest BCUT2D eigenvalue weighted by atomic mass is 10.1. The SMILES string of the molecule is Cc1nn(C)c(CC(O)Cc2ccccn2)c1Br. The van der Waals surface area contributed by atoms with Gasteiger partial charge in [-0.25, -0.2) is 0 Å². The van der Waals surface area contributed by atoms with Crippen molar-refractivity contribution in [2.75, 3.05) is 0 Å². The number of rotatable bonds is 4. The second-order valence-electron chi connectivity index (χ2n) is 4.35. The first-order valence-electron chi connectivity index (χ1n) is 5.84. The first kappa shape index (κ1) is 13.2. The van der Waals surface area contributed by atoms with Crippen molar-refractivity contribution >= 4 is 15.9 Å². The molecule has 2 heterocycles. The van der Waals surface area contributed by atoms with Crippen molar-refractivity contribution in [1.29, 1.82) is 0 Å². The van der Waals surface area contributed by atoms with Crippen LogP contribution in [0.1, 0.15) is 17.1 Å². The molecule has 5 heteroatoms. The maximum atomic E-state index is 10.1. The number of halogens is 1. The van der Waals surface area contributed by atoms with Gasteiger partial charge in [-0.15, -0.1) is 0 Å². The van der Waals surface area contributed by atoms with E-state index < -0.39 is 6.10 Å². The van der Waals surface area contributed by atoms with E-state index in [1.807, 2.05) is 32.2 Å². The molecular formula is C13H16BrN3O. The zero-order valence-electron chi connectivity index (χ0n) is 10.5. The molecular weight excluding hydrogens is 294 g/mol. The van der Waals surface area contributed by atoms with Crippen LogP contribution in [0.4, 0.5) is 0 Å². The molecule has 4 nitrogen and oxygen atoms in total. The predicted octanol–water partition coefficient (Wildman–Crippen LogP) is 2.03. The van der Waals surface area contributed by atoms with Crippen LogP contribution in [0.3, 0.4) is 0 Å². The zero-order valence-corrected chi connectivity index (χ0v) is 12.1. The predicted molar refractivity (Wildman–Crippen MR) is 73.3 cm³/mol. The van der Waals surface area contributed by atoms with Gasteiger partial charge < -0.3 is 5.11 Å². The van der Waals surface area contributed by atoms with Gasteiger partial charge in [-0.05, 0) is 35.0 Å². The van der Waals surface area contributed by atoms with Crippen LogP contribution in [0.5, 0.6) is 0 Å². The molecule has 1 unspecified atom stereocenters. The molecule has 0 saturated carbocycles. The van der Waals surface area contributed by atoms with Crippen LogP contribution in [-0.2, 0) is 19.9 Å². The number of hydrogen-bond donors (Lipinski definition) is 1. The maximum absolute atomic E-state index is 10.1. The van der Waals surface area contributed by atoms with Gasteiger partial charge in [0.05, 0.1) is 22.0 Å². The summed E-state index contributed by atoms with van der Waals surface area (Å²) in [6.07, 6.45) is 2.41. The Bertz CT molecular complexity index is 525. The van der Waals surface area contributed by atoms with E-state index >= 15 is 0 Å². The minimum Gasteiger partial charge on any atom is -0.392 e. The highest BCUT2D eigenvalue weighted by Gasteiger charge is 2.15. The Morgan fingerprint density at radius 1 is 1.39 bits per heavy atom. The fourth-order valence-corrected chi connectivity index (χ4v) is 2.46. The van der Waals surface area contributed by atoms with Gasteiger partial charge in [0.1, 0.15) is 0 Å². The van der Waals surface area contributed by atoms with E-state index in [0.717, 1.165) is 21.6 Å². The fourth-order valence-electron chi connectivity index (χ4n) is 1.96. The molecule has 2 aromatic heterocycles. The number of aryl methyl sites for hydroxylation is 2. The number of aliphatic hydroxyl groups is 1. The third kappa shape index (κ3) is 2.97. The summed E-state index contributed by atoms with van der Waals surface area (Å²) in [6, 6.07) is 5.73. The Morgan fingerprint density at radius 3 is 2.72 bits per heavy atom. The molecule has 18 heavy (non-hydrogen) atoms. The summed E-state index contributed by atoms with van der Waals surface area (Å²) < 4.78 is 2.78. The van der Waals surface area contributed by atoms with Crippen molar-refractivity contribution in [3.63, 3.8) is 0 Å². The molecule has 1 atom stereocenters. The highest BCUT2D eigenvalue weighted by molar-refractivity contribution is 9.10. The van der Waals surface area contributed by atoms with Crippen LogP contribution in [0.15, 0.2) is 28.9 Å². The Labute approximate surface area is 115 Å². The second-order valence-corrected chi connectivity index (χ2v) is 5.15. The number of aromatic nitrogens is 3. The maximum Gasteiger partial charge on any atom is 0.0738 e. The summed E-state index contributed by atoms with van der Waals surface area (Å²) in [4.78, 5) is 4.22. The quantitative estimate of drug-likeness (QED) is 0.940. The van der Waals surface area contributed by atoms with E-state index in [4.69, 9.17) is 0 Å². The molecule has 0 fully saturated rings. The van der Waals surface area contributed by atoms with E-state index in [1.165, 1.54) is 0 Å². The first-order chi connectivity index (χ1) is 8.58. The van der Waals surface area contributed by atoms with Crippen molar-refractivity contribution in [3.8, 4) is 0 Å². The summed E-state index contributed by atoms with van der Waals surface area (Å²) in [7, 11) is 1.89. The van der Waals surface area contributed by atoms with Gasteiger partial charge in [0.2, 0.25) is 0 Å². The molecule has 0 aliphatic carbocycles. The van der Waals surface area contributed by atoms with Gasteiger partial charge in [-0.1, -0.05) is 6.07 Å². The molecule has 2 aromatic rings.